The summed E-state index contributed by atoms with van der Waals surface area (Å²) in [6.45, 7) is 5.60. The van der Waals surface area contributed by atoms with E-state index < -0.39 is 5.97 Å². The second-order valence-corrected chi connectivity index (χ2v) is 4.49. The molecule has 1 N–H and O–H groups in total. The molecule has 2 aromatic rings. The van der Waals surface area contributed by atoms with Crippen LogP contribution in [-0.2, 0) is 0 Å². The average molecular weight is 260 g/mol. The van der Waals surface area contributed by atoms with E-state index in [0.717, 1.165) is 5.69 Å². The molecule has 0 unspecified atom stereocenters. The molecule has 0 atom stereocenters. The molecule has 2 rings (SSSR count). The van der Waals surface area contributed by atoms with Gasteiger partial charge in [0.2, 0.25) is 0 Å². The van der Waals surface area contributed by atoms with Crippen LogP contribution in [0.25, 0.3) is 5.69 Å². The molecule has 1 aromatic carbocycles. The van der Waals surface area contributed by atoms with Gasteiger partial charge in [-0.05, 0) is 32.9 Å². The van der Waals surface area contributed by atoms with Crippen LogP contribution in [0.15, 0.2) is 30.5 Å². The molecule has 0 aliphatic carbocycles. The number of carboxylic acids is 1. The summed E-state index contributed by atoms with van der Waals surface area (Å²) < 4.78 is 7.30. The predicted molar refractivity (Wildman–Crippen MR) is 71.0 cm³/mol. The molecule has 0 fully saturated rings. The van der Waals surface area contributed by atoms with Gasteiger partial charge in [0.05, 0.1) is 18.0 Å². The fourth-order valence-corrected chi connectivity index (χ4v) is 1.85. The minimum atomic E-state index is -0.981. The van der Waals surface area contributed by atoms with Crippen molar-refractivity contribution in [2.45, 2.75) is 26.9 Å². The molecule has 1 aromatic heterocycles. The van der Waals surface area contributed by atoms with Crippen molar-refractivity contribution in [3.05, 3.63) is 41.7 Å². The summed E-state index contributed by atoms with van der Waals surface area (Å²) in [6, 6.07) is 7.43. The lowest BCUT2D eigenvalue weighted by Gasteiger charge is -2.14. The Bertz CT molecular complexity index is 602. The van der Waals surface area contributed by atoms with Gasteiger partial charge in [-0.1, -0.05) is 12.1 Å². The number of aromatic carboxylic acids is 1. The number of ether oxygens (including phenoxy) is 1. The first kappa shape index (κ1) is 13.1. The van der Waals surface area contributed by atoms with Crippen molar-refractivity contribution in [3.8, 4) is 11.4 Å². The normalized spacial score (nSPS) is 10.7. The zero-order chi connectivity index (χ0) is 14.0. The van der Waals surface area contributed by atoms with Crippen LogP contribution >= 0.6 is 0 Å². The highest BCUT2D eigenvalue weighted by Crippen LogP contribution is 2.25. The van der Waals surface area contributed by atoms with E-state index in [-0.39, 0.29) is 11.7 Å². The molecule has 0 aliphatic heterocycles. The molecule has 0 radical (unpaired) electrons. The van der Waals surface area contributed by atoms with E-state index in [1.165, 1.54) is 6.20 Å². The Kier molecular flexibility index (Phi) is 3.55. The van der Waals surface area contributed by atoms with Gasteiger partial charge >= 0.3 is 5.97 Å². The van der Waals surface area contributed by atoms with Gasteiger partial charge in [0.15, 0.2) is 0 Å². The number of benzene rings is 1. The van der Waals surface area contributed by atoms with Crippen LogP contribution in [0.3, 0.4) is 0 Å². The number of rotatable bonds is 4. The summed E-state index contributed by atoms with van der Waals surface area (Å²) in [5.74, 6) is -0.299. The third kappa shape index (κ3) is 2.59. The van der Waals surface area contributed by atoms with E-state index in [9.17, 15) is 4.79 Å². The van der Waals surface area contributed by atoms with E-state index in [1.807, 2.05) is 38.1 Å². The largest absolute Gasteiger partial charge is 0.489 e. The Labute approximate surface area is 111 Å². The molecular formula is C14H16N2O3. The first-order valence-electron chi connectivity index (χ1n) is 6.04. The van der Waals surface area contributed by atoms with Gasteiger partial charge in [0, 0.05) is 0 Å². The molecular weight excluding hydrogens is 244 g/mol. The average Bonchev–Trinajstić information content (AvgIpc) is 2.71. The van der Waals surface area contributed by atoms with E-state index in [1.54, 1.807) is 11.6 Å². The molecule has 1 heterocycles. The Morgan fingerprint density at radius 2 is 2.05 bits per heavy atom. The molecule has 0 amide bonds. The first-order chi connectivity index (χ1) is 9.00. The lowest BCUT2D eigenvalue weighted by molar-refractivity contribution is 0.0696. The first-order valence-corrected chi connectivity index (χ1v) is 6.04. The smallest absolute Gasteiger partial charge is 0.339 e. The minimum Gasteiger partial charge on any atom is -0.489 e. The van der Waals surface area contributed by atoms with Crippen molar-refractivity contribution < 1.29 is 14.6 Å². The highest BCUT2D eigenvalue weighted by Gasteiger charge is 2.16. The van der Waals surface area contributed by atoms with Gasteiger partial charge in [-0.15, -0.1) is 0 Å². The molecule has 5 nitrogen and oxygen atoms in total. The maximum absolute atomic E-state index is 11.0. The standard InChI is InChI=1S/C14H16N2O3/c1-9(2)19-13-7-5-4-6-12(13)16-10(3)11(8-15-16)14(17)18/h4-9H,1-3H3,(H,17,18). The molecule has 0 saturated heterocycles. The quantitative estimate of drug-likeness (QED) is 0.917. The van der Waals surface area contributed by atoms with Crippen LogP contribution in [0.5, 0.6) is 5.75 Å². The second kappa shape index (κ2) is 5.14. The highest BCUT2D eigenvalue weighted by atomic mass is 16.5. The topological polar surface area (TPSA) is 64.3 Å². The molecule has 0 aliphatic rings. The van der Waals surface area contributed by atoms with Crippen LogP contribution in [0.2, 0.25) is 0 Å². The van der Waals surface area contributed by atoms with Crippen molar-refractivity contribution in [3.63, 3.8) is 0 Å². The highest BCUT2D eigenvalue weighted by molar-refractivity contribution is 5.88. The maximum atomic E-state index is 11.0. The van der Waals surface area contributed by atoms with E-state index in [0.29, 0.717) is 11.4 Å². The number of hydrogen-bond donors (Lipinski definition) is 1. The fourth-order valence-electron chi connectivity index (χ4n) is 1.85. The van der Waals surface area contributed by atoms with Crippen LogP contribution < -0.4 is 4.74 Å². The minimum absolute atomic E-state index is 0.0379. The van der Waals surface area contributed by atoms with Gasteiger partial charge in [0.1, 0.15) is 17.0 Å². The summed E-state index contributed by atoms with van der Waals surface area (Å²) >= 11 is 0. The van der Waals surface area contributed by atoms with E-state index >= 15 is 0 Å². The van der Waals surface area contributed by atoms with Gasteiger partial charge in [-0.2, -0.15) is 5.10 Å². The maximum Gasteiger partial charge on any atom is 0.339 e. The predicted octanol–water partition coefficient (Wildman–Crippen LogP) is 2.67. The number of nitrogens with zero attached hydrogens (tertiary/aromatic N) is 2. The third-order valence-electron chi connectivity index (χ3n) is 2.70. The summed E-state index contributed by atoms with van der Waals surface area (Å²) in [4.78, 5) is 11.0. The fraction of sp³-hybridized carbons (Fsp3) is 0.286. The Morgan fingerprint density at radius 3 is 2.63 bits per heavy atom. The SMILES string of the molecule is Cc1c(C(=O)O)cnn1-c1ccccc1OC(C)C. The Balaban J connectivity index is 2.50. The zero-order valence-corrected chi connectivity index (χ0v) is 11.1. The lowest BCUT2D eigenvalue weighted by Crippen LogP contribution is -2.10. The molecule has 100 valence electrons. The van der Waals surface area contributed by atoms with E-state index in [2.05, 4.69) is 5.10 Å². The summed E-state index contributed by atoms with van der Waals surface area (Å²) in [5, 5.41) is 13.2. The molecule has 5 heteroatoms. The number of para-hydroxylation sites is 2. The van der Waals surface area contributed by atoms with Crippen molar-refractivity contribution in [1.29, 1.82) is 0 Å². The zero-order valence-electron chi connectivity index (χ0n) is 11.1. The van der Waals surface area contributed by atoms with Gasteiger partial charge in [-0.3, -0.25) is 0 Å². The number of carbonyl (C=O) groups is 1. The number of aromatic nitrogens is 2. The van der Waals surface area contributed by atoms with Crippen molar-refractivity contribution >= 4 is 5.97 Å². The summed E-state index contributed by atoms with van der Waals surface area (Å²) in [5.41, 5.74) is 1.51. The molecule has 19 heavy (non-hydrogen) atoms. The number of carboxylic acid groups (broad SMARTS) is 1. The summed E-state index contributed by atoms with van der Waals surface area (Å²) in [6.07, 6.45) is 1.39. The Hall–Kier alpha value is -2.30. The van der Waals surface area contributed by atoms with Crippen LogP contribution in [-0.4, -0.2) is 27.0 Å². The third-order valence-corrected chi connectivity index (χ3v) is 2.70. The Morgan fingerprint density at radius 1 is 1.37 bits per heavy atom. The van der Waals surface area contributed by atoms with Crippen LogP contribution in [0.1, 0.15) is 29.9 Å². The van der Waals surface area contributed by atoms with E-state index in [4.69, 9.17) is 9.84 Å². The molecule has 0 spiro atoms. The van der Waals surface area contributed by atoms with Gasteiger partial charge < -0.3 is 9.84 Å². The van der Waals surface area contributed by atoms with Crippen molar-refractivity contribution in [2.24, 2.45) is 0 Å². The molecule has 0 saturated carbocycles. The van der Waals surface area contributed by atoms with Crippen molar-refractivity contribution in [1.82, 2.24) is 9.78 Å². The monoisotopic (exact) mass is 260 g/mol. The second-order valence-electron chi connectivity index (χ2n) is 4.49. The van der Waals surface area contributed by atoms with Gasteiger partial charge in [-0.25, -0.2) is 9.48 Å². The van der Waals surface area contributed by atoms with Crippen LogP contribution in [0, 0.1) is 6.92 Å². The number of hydrogen-bond acceptors (Lipinski definition) is 3. The van der Waals surface area contributed by atoms with Crippen LogP contribution in [0.4, 0.5) is 0 Å². The van der Waals surface area contributed by atoms with Crippen molar-refractivity contribution in [2.75, 3.05) is 0 Å². The molecule has 0 bridgehead atoms. The lowest BCUT2D eigenvalue weighted by atomic mass is 10.2. The summed E-state index contributed by atoms with van der Waals surface area (Å²) in [7, 11) is 0. The van der Waals surface area contributed by atoms with Gasteiger partial charge in [0.25, 0.3) is 0 Å².